The van der Waals surface area contributed by atoms with Crippen LogP contribution >= 0.6 is 15.9 Å². The van der Waals surface area contributed by atoms with E-state index in [-0.39, 0.29) is 11.7 Å². The van der Waals surface area contributed by atoms with Crippen LogP contribution in [0.1, 0.15) is 31.0 Å². The van der Waals surface area contributed by atoms with Crippen molar-refractivity contribution in [3.05, 3.63) is 41.3 Å². The maximum atomic E-state index is 13.2. The highest BCUT2D eigenvalue weighted by Gasteiger charge is 2.19. The molecule has 0 aliphatic heterocycles. The number of halogens is 2. The van der Waals surface area contributed by atoms with Gasteiger partial charge in [0.1, 0.15) is 5.82 Å². The molecule has 0 spiro atoms. The third-order valence-electron chi connectivity index (χ3n) is 3.29. The van der Waals surface area contributed by atoms with E-state index in [0.717, 1.165) is 22.5 Å². The first kappa shape index (κ1) is 17.8. The second-order valence-electron chi connectivity index (χ2n) is 5.27. The van der Waals surface area contributed by atoms with Crippen molar-refractivity contribution in [3.8, 4) is 11.3 Å². The van der Waals surface area contributed by atoms with Gasteiger partial charge < -0.3 is 0 Å². The van der Waals surface area contributed by atoms with E-state index >= 15 is 0 Å². The lowest BCUT2D eigenvalue weighted by Gasteiger charge is -2.20. The lowest BCUT2D eigenvalue weighted by atomic mass is 10.00. The average Bonchev–Trinajstić information content (AvgIpc) is 2.54. The van der Waals surface area contributed by atoms with Gasteiger partial charge in [0.05, 0.1) is 18.5 Å². The van der Waals surface area contributed by atoms with E-state index in [9.17, 15) is 4.39 Å². The van der Waals surface area contributed by atoms with Crippen molar-refractivity contribution in [1.29, 1.82) is 0 Å². The molecular formula is C16H19BrFN3O2. The number of benzene rings is 1. The number of nitrogens with zero attached hydrogens (tertiary/aromatic N) is 3. The Balaban J connectivity index is 2.64. The SMILES string of the molecule is COON(C)c1nc(-c2ccc(F)cc2)c(CBr)c(C(C)C)n1. The number of hydrogen-bond acceptors (Lipinski definition) is 5. The van der Waals surface area contributed by atoms with Crippen molar-refractivity contribution >= 4 is 21.9 Å². The highest BCUT2D eigenvalue weighted by atomic mass is 79.9. The molecule has 1 aromatic heterocycles. The van der Waals surface area contributed by atoms with E-state index in [1.165, 1.54) is 24.3 Å². The summed E-state index contributed by atoms with van der Waals surface area (Å²) >= 11 is 3.51. The van der Waals surface area contributed by atoms with Crippen LogP contribution in [0.4, 0.5) is 10.3 Å². The second-order valence-corrected chi connectivity index (χ2v) is 5.83. The van der Waals surface area contributed by atoms with Crippen LogP contribution in [0, 0.1) is 5.82 Å². The smallest absolute Gasteiger partial charge is 0.216 e. The Labute approximate surface area is 143 Å². The Morgan fingerprint density at radius 3 is 2.39 bits per heavy atom. The van der Waals surface area contributed by atoms with Crippen LogP contribution in [0.15, 0.2) is 24.3 Å². The molecule has 23 heavy (non-hydrogen) atoms. The molecule has 124 valence electrons. The lowest BCUT2D eigenvalue weighted by Crippen LogP contribution is -2.21. The zero-order chi connectivity index (χ0) is 17.0. The van der Waals surface area contributed by atoms with Crippen LogP contribution in [0.2, 0.25) is 0 Å². The summed E-state index contributed by atoms with van der Waals surface area (Å²) in [4.78, 5) is 18.8. The first-order valence-electron chi connectivity index (χ1n) is 7.15. The summed E-state index contributed by atoms with van der Waals surface area (Å²) in [6.45, 7) is 4.12. The molecule has 0 bridgehead atoms. The minimum Gasteiger partial charge on any atom is -0.216 e. The van der Waals surface area contributed by atoms with Crippen LogP contribution in [0.3, 0.4) is 0 Å². The number of rotatable bonds is 6. The van der Waals surface area contributed by atoms with Gasteiger partial charge in [-0.05, 0) is 30.2 Å². The van der Waals surface area contributed by atoms with Crippen LogP contribution in [0.5, 0.6) is 0 Å². The minimum absolute atomic E-state index is 0.194. The van der Waals surface area contributed by atoms with Gasteiger partial charge in [0, 0.05) is 23.5 Å². The quantitative estimate of drug-likeness (QED) is 0.424. The molecule has 0 unspecified atom stereocenters. The van der Waals surface area contributed by atoms with E-state index in [1.54, 1.807) is 19.2 Å². The maximum Gasteiger partial charge on any atom is 0.252 e. The number of alkyl halides is 1. The number of anilines is 1. The largest absolute Gasteiger partial charge is 0.252 e. The molecule has 1 heterocycles. The second kappa shape index (κ2) is 7.81. The molecule has 0 saturated carbocycles. The fourth-order valence-electron chi connectivity index (χ4n) is 2.23. The van der Waals surface area contributed by atoms with Crippen molar-refractivity contribution in [3.63, 3.8) is 0 Å². The van der Waals surface area contributed by atoms with Crippen LogP contribution in [0.25, 0.3) is 11.3 Å². The zero-order valence-corrected chi connectivity index (χ0v) is 15.1. The van der Waals surface area contributed by atoms with Crippen molar-refractivity contribution in [2.75, 3.05) is 19.2 Å². The predicted molar refractivity (Wildman–Crippen MR) is 90.6 cm³/mol. The average molecular weight is 384 g/mol. The molecule has 2 aromatic rings. The number of aromatic nitrogens is 2. The molecule has 0 aliphatic rings. The fourth-order valence-corrected chi connectivity index (χ4v) is 2.78. The standard InChI is InChI=1S/C16H19BrFN3O2/c1-10(2)14-13(9-17)15(11-5-7-12(18)8-6-11)20-16(19-14)21(3)23-22-4/h5-8,10H,9H2,1-4H3. The topological polar surface area (TPSA) is 47.5 Å². The van der Waals surface area contributed by atoms with Gasteiger partial charge >= 0.3 is 0 Å². The summed E-state index contributed by atoms with van der Waals surface area (Å²) < 4.78 is 13.2. The molecule has 0 amide bonds. The lowest BCUT2D eigenvalue weighted by molar-refractivity contribution is -0.280. The van der Waals surface area contributed by atoms with Gasteiger partial charge in [-0.25, -0.2) is 19.2 Å². The molecular weight excluding hydrogens is 365 g/mol. The normalized spacial score (nSPS) is 11.1. The molecule has 7 heteroatoms. The van der Waals surface area contributed by atoms with Gasteiger partial charge in [0.2, 0.25) is 0 Å². The van der Waals surface area contributed by atoms with Crippen molar-refractivity contribution in [2.24, 2.45) is 0 Å². The molecule has 0 N–H and O–H groups in total. The van der Waals surface area contributed by atoms with Crippen LogP contribution in [-0.4, -0.2) is 24.1 Å². The third-order valence-corrected chi connectivity index (χ3v) is 3.85. The van der Waals surface area contributed by atoms with Gasteiger partial charge in [0.15, 0.2) is 0 Å². The Hall–Kier alpha value is -1.57. The Bertz CT molecular complexity index is 665. The van der Waals surface area contributed by atoms with Gasteiger partial charge in [0.25, 0.3) is 5.95 Å². The Morgan fingerprint density at radius 2 is 1.87 bits per heavy atom. The highest BCUT2D eigenvalue weighted by molar-refractivity contribution is 9.08. The first-order valence-corrected chi connectivity index (χ1v) is 8.27. The van der Waals surface area contributed by atoms with E-state index < -0.39 is 0 Å². The highest BCUT2D eigenvalue weighted by Crippen LogP contribution is 2.31. The Morgan fingerprint density at radius 1 is 1.22 bits per heavy atom. The fraction of sp³-hybridized carbons (Fsp3) is 0.375. The summed E-state index contributed by atoms with van der Waals surface area (Å²) in [7, 11) is 3.07. The number of hydroxylamine groups is 1. The maximum absolute atomic E-state index is 13.2. The molecule has 5 nitrogen and oxygen atoms in total. The molecule has 0 fully saturated rings. The van der Waals surface area contributed by atoms with Crippen molar-refractivity contribution < 1.29 is 14.3 Å². The minimum atomic E-state index is -0.285. The number of hydrogen-bond donors (Lipinski definition) is 0. The van der Waals surface area contributed by atoms with E-state index in [1.807, 2.05) is 0 Å². The van der Waals surface area contributed by atoms with Crippen molar-refractivity contribution in [2.45, 2.75) is 25.1 Å². The van der Waals surface area contributed by atoms with E-state index in [4.69, 9.17) is 4.99 Å². The molecule has 2 rings (SSSR count). The molecule has 0 atom stereocenters. The first-order chi connectivity index (χ1) is 11.0. The van der Waals surface area contributed by atoms with E-state index in [2.05, 4.69) is 44.6 Å². The molecule has 1 aromatic carbocycles. The van der Waals surface area contributed by atoms with E-state index in [0.29, 0.717) is 11.3 Å². The summed E-state index contributed by atoms with van der Waals surface area (Å²) in [6, 6.07) is 6.24. The summed E-state index contributed by atoms with van der Waals surface area (Å²) in [6.07, 6.45) is 0. The summed E-state index contributed by atoms with van der Waals surface area (Å²) in [5.41, 5.74) is 3.43. The third kappa shape index (κ3) is 4.04. The molecule has 0 aliphatic carbocycles. The van der Waals surface area contributed by atoms with Crippen LogP contribution in [-0.2, 0) is 15.2 Å². The van der Waals surface area contributed by atoms with Crippen LogP contribution < -0.4 is 5.06 Å². The molecule has 0 radical (unpaired) electrons. The predicted octanol–water partition coefficient (Wildman–Crippen LogP) is 4.23. The summed E-state index contributed by atoms with van der Waals surface area (Å²) in [5, 5.41) is 1.94. The van der Waals surface area contributed by atoms with Crippen molar-refractivity contribution in [1.82, 2.24) is 9.97 Å². The van der Waals surface area contributed by atoms with Gasteiger partial charge in [-0.1, -0.05) is 29.8 Å². The zero-order valence-electron chi connectivity index (χ0n) is 13.5. The monoisotopic (exact) mass is 383 g/mol. The van der Waals surface area contributed by atoms with Gasteiger partial charge in [-0.15, -0.1) is 4.99 Å². The molecule has 0 saturated heterocycles. The Kier molecular flexibility index (Phi) is 6.04. The van der Waals surface area contributed by atoms with Gasteiger partial charge in [-0.2, -0.15) is 5.06 Å². The summed E-state index contributed by atoms with van der Waals surface area (Å²) in [5.74, 6) is 0.284. The van der Waals surface area contributed by atoms with Gasteiger partial charge in [-0.3, -0.25) is 0 Å².